The van der Waals surface area contributed by atoms with E-state index < -0.39 is 17.1 Å². The molecule has 1 atom stereocenters. The number of para-hydroxylation sites is 1. The predicted molar refractivity (Wildman–Crippen MR) is 71.9 cm³/mol. The summed E-state index contributed by atoms with van der Waals surface area (Å²) in [5.74, 6) is 2.09. The molecule has 4 heteroatoms. The van der Waals surface area contributed by atoms with Crippen LogP contribution in [0, 0.1) is 12.3 Å². The number of carboxylic acid groups (broad SMARTS) is 1. The molecule has 1 aliphatic heterocycles. The molecular weight excluding hydrogens is 242 g/mol. The van der Waals surface area contributed by atoms with Crippen LogP contribution < -0.4 is 10.1 Å². The Labute approximate surface area is 112 Å². The lowest BCUT2D eigenvalue weighted by Crippen LogP contribution is -2.57. The van der Waals surface area contributed by atoms with Crippen LogP contribution in [-0.2, 0) is 10.3 Å². The number of ether oxygens (including phenoxy) is 1. The van der Waals surface area contributed by atoms with Gasteiger partial charge in [0.2, 0.25) is 0 Å². The van der Waals surface area contributed by atoms with Crippen molar-refractivity contribution in [2.24, 2.45) is 0 Å². The molecule has 100 valence electrons. The molecule has 0 bridgehead atoms. The molecule has 4 nitrogen and oxygen atoms in total. The summed E-state index contributed by atoms with van der Waals surface area (Å²) in [7, 11) is 0. The molecule has 1 heterocycles. The summed E-state index contributed by atoms with van der Waals surface area (Å²) in [4.78, 5) is 11.8. The minimum atomic E-state index is -1.20. The fourth-order valence-corrected chi connectivity index (χ4v) is 2.60. The van der Waals surface area contributed by atoms with Gasteiger partial charge in [0, 0.05) is 12.0 Å². The van der Waals surface area contributed by atoms with Crippen molar-refractivity contribution in [2.75, 3.05) is 6.54 Å². The van der Waals surface area contributed by atoms with Gasteiger partial charge in [-0.05, 0) is 19.9 Å². The molecule has 2 rings (SSSR count). The van der Waals surface area contributed by atoms with Crippen LogP contribution in [0.2, 0.25) is 0 Å². The molecule has 0 fully saturated rings. The molecule has 19 heavy (non-hydrogen) atoms. The molecule has 0 amide bonds. The maximum Gasteiger partial charge on any atom is 0.328 e. The molecule has 0 aliphatic carbocycles. The first kappa shape index (κ1) is 13.4. The Kier molecular flexibility index (Phi) is 3.25. The highest BCUT2D eigenvalue weighted by atomic mass is 16.5. The van der Waals surface area contributed by atoms with Gasteiger partial charge in [0.25, 0.3) is 0 Å². The minimum absolute atomic E-state index is 0.191. The topological polar surface area (TPSA) is 58.6 Å². The van der Waals surface area contributed by atoms with Crippen molar-refractivity contribution in [2.45, 2.75) is 31.4 Å². The second-order valence-corrected chi connectivity index (χ2v) is 5.30. The number of nitrogens with one attached hydrogen (secondary N) is 1. The van der Waals surface area contributed by atoms with Crippen LogP contribution in [0.5, 0.6) is 5.75 Å². The fraction of sp³-hybridized carbons (Fsp3) is 0.400. The molecule has 0 radical (unpaired) electrons. The molecule has 2 N–H and O–H groups in total. The Hall–Kier alpha value is -1.99. The van der Waals surface area contributed by atoms with Crippen LogP contribution in [-0.4, -0.2) is 23.2 Å². The third-order valence-corrected chi connectivity index (χ3v) is 3.28. The summed E-state index contributed by atoms with van der Waals surface area (Å²) in [5.41, 5.74) is -1.16. The van der Waals surface area contributed by atoms with E-state index in [0.717, 1.165) is 0 Å². The first-order valence-corrected chi connectivity index (χ1v) is 6.12. The third-order valence-electron chi connectivity index (χ3n) is 3.28. The number of hydrogen-bond acceptors (Lipinski definition) is 3. The summed E-state index contributed by atoms with van der Waals surface area (Å²) >= 11 is 0. The van der Waals surface area contributed by atoms with Crippen LogP contribution in [0.1, 0.15) is 25.8 Å². The molecule has 1 aromatic rings. The summed E-state index contributed by atoms with van der Waals surface area (Å²) in [5, 5.41) is 12.7. The Morgan fingerprint density at radius 1 is 1.53 bits per heavy atom. The van der Waals surface area contributed by atoms with Crippen molar-refractivity contribution in [3.05, 3.63) is 29.8 Å². The van der Waals surface area contributed by atoms with E-state index in [4.69, 9.17) is 11.2 Å². The SMILES string of the molecule is C#CCNC1(C(=O)O)CC(C)(C)Oc2ccccc21. The number of rotatable bonds is 3. The molecule has 0 saturated heterocycles. The smallest absolute Gasteiger partial charge is 0.328 e. The Morgan fingerprint density at radius 2 is 2.21 bits per heavy atom. The molecule has 0 spiro atoms. The Morgan fingerprint density at radius 3 is 2.84 bits per heavy atom. The van der Waals surface area contributed by atoms with Gasteiger partial charge in [0.15, 0.2) is 5.54 Å². The zero-order chi connectivity index (χ0) is 14.1. The quantitative estimate of drug-likeness (QED) is 0.812. The van der Waals surface area contributed by atoms with Crippen LogP contribution in [0.4, 0.5) is 0 Å². The zero-order valence-electron chi connectivity index (χ0n) is 11.1. The van der Waals surface area contributed by atoms with Gasteiger partial charge in [0.05, 0.1) is 6.54 Å². The van der Waals surface area contributed by atoms with Gasteiger partial charge in [-0.3, -0.25) is 5.32 Å². The number of aliphatic carboxylic acids is 1. The van der Waals surface area contributed by atoms with Crippen LogP contribution in [0.3, 0.4) is 0 Å². The fourth-order valence-electron chi connectivity index (χ4n) is 2.60. The number of carbonyl (C=O) groups is 1. The third kappa shape index (κ3) is 2.29. The standard InChI is InChI=1S/C15H17NO3/c1-4-9-16-15(13(17)18)10-14(2,3)19-12-8-6-5-7-11(12)15/h1,5-8,16H,9-10H2,2-3H3,(H,17,18). The normalized spacial score (nSPS) is 23.8. The first-order valence-electron chi connectivity index (χ1n) is 6.12. The van der Waals surface area contributed by atoms with E-state index in [2.05, 4.69) is 11.2 Å². The molecular formula is C15H17NO3. The molecule has 1 aliphatic rings. The van der Waals surface area contributed by atoms with Gasteiger partial charge in [-0.2, -0.15) is 0 Å². The van der Waals surface area contributed by atoms with Crippen molar-refractivity contribution in [3.8, 4) is 18.1 Å². The molecule has 0 saturated carbocycles. The van der Waals surface area contributed by atoms with Crippen molar-refractivity contribution in [3.63, 3.8) is 0 Å². The van der Waals surface area contributed by atoms with Crippen molar-refractivity contribution >= 4 is 5.97 Å². The Balaban J connectivity index is 2.58. The number of benzene rings is 1. The average Bonchev–Trinajstić information content (AvgIpc) is 2.34. The summed E-state index contributed by atoms with van der Waals surface area (Å²) in [6, 6.07) is 7.18. The van der Waals surface area contributed by atoms with Crippen LogP contribution in [0.25, 0.3) is 0 Å². The van der Waals surface area contributed by atoms with E-state index in [9.17, 15) is 9.90 Å². The monoisotopic (exact) mass is 259 g/mol. The van der Waals surface area contributed by atoms with Gasteiger partial charge in [-0.15, -0.1) is 6.42 Å². The number of terminal acetylenes is 1. The summed E-state index contributed by atoms with van der Waals surface area (Å²) in [6.45, 7) is 3.94. The lowest BCUT2D eigenvalue weighted by molar-refractivity contribution is -0.149. The van der Waals surface area contributed by atoms with Gasteiger partial charge in [-0.25, -0.2) is 4.79 Å². The molecule has 1 aromatic carbocycles. The van der Waals surface area contributed by atoms with Gasteiger partial charge in [-0.1, -0.05) is 24.1 Å². The lowest BCUT2D eigenvalue weighted by atomic mass is 9.77. The van der Waals surface area contributed by atoms with E-state index in [1.54, 1.807) is 18.2 Å². The largest absolute Gasteiger partial charge is 0.487 e. The van der Waals surface area contributed by atoms with E-state index in [0.29, 0.717) is 17.7 Å². The summed E-state index contributed by atoms with van der Waals surface area (Å²) < 4.78 is 5.85. The van der Waals surface area contributed by atoms with E-state index in [-0.39, 0.29) is 6.54 Å². The molecule has 1 unspecified atom stereocenters. The minimum Gasteiger partial charge on any atom is -0.487 e. The van der Waals surface area contributed by atoms with Crippen molar-refractivity contribution in [1.82, 2.24) is 5.32 Å². The second-order valence-electron chi connectivity index (χ2n) is 5.30. The average molecular weight is 259 g/mol. The van der Waals surface area contributed by atoms with Gasteiger partial charge in [0.1, 0.15) is 11.4 Å². The van der Waals surface area contributed by atoms with Crippen molar-refractivity contribution < 1.29 is 14.6 Å². The van der Waals surface area contributed by atoms with Gasteiger partial charge < -0.3 is 9.84 Å². The van der Waals surface area contributed by atoms with E-state index in [1.807, 2.05) is 19.9 Å². The van der Waals surface area contributed by atoms with Crippen molar-refractivity contribution in [1.29, 1.82) is 0 Å². The second kappa shape index (κ2) is 4.60. The predicted octanol–water partition coefficient (Wildman–Crippen LogP) is 1.75. The van der Waals surface area contributed by atoms with E-state index >= 15 is 0 Å². The molecule has 0 aromatic heterocycles. The number of fused-ring (bicyclic) bond motifs is 1. The summed E-state index contributed by atoms with van der Waals surface area (Å²) in [6.07, 6.45) is 5.57. The van der Waals surface area contributed by atoms with Gasteiger partial charge >= 0.3 is 5.97 Å². The highest BCUT2D eigenvalue weighted by Crippen LogP contribution is 2.43. The maximum atomic E-state index is 11.8. The van der Waals surface area contributed by atoms with E-state index in [1.165, 1.54) is 0 Å². The van der Waals surface area contributed by atoms with Crippen LogP contribution in [0.15, 0.2) is 24.3 Å². The lowest BCUT2D eigenvalue weighted by Gasteiger charge is -2.43. The first-order chi connectivity index (χ1) is 8.91. The highest BCUT2D eigenvalue weighted by Gasteiger charge is 2.50. The number of carboxylic acids is 1. The number of hydrogen-bond donors (Lipinski definition) is 2. The highest BCUT2D eigenvalue weighted by molar-refractivity contribution is 5.82. The maximum absolute atomic E-state index is 11.8. The van der Waals surface area contributed by atoms with Crippen LogP contribution >= 0.6 is 0 Å². The Bertz CT molecular complexity index is 545. The zero-order valence-corrected chi connectivity index (χ0v) is 11.1.